The van der Waals surface area contributed by atoms with Crippen molar-refractivity contribution in [2.24, 2.45) is 5.92 Å². The van der Waals surface area contributed by atoms with Gasteiger partial charge in [-0.05, 0) is 68.0 Å². The van der Waals surface area contributed by atoms with Crippen molar-refractivity contribution in [1.29, 1.82) is 0 Å². The zero-order chi connectivity index (χ0) is 26.8. The van der Waals surface area contributed by atoms with Gasteiger partial charge in [0.2, 0.25) is 0 Å². The molecule has 1 saturated carbocycles. The van der Waals surface area contributed by atoms with E-state index in [0.29, 0.717) is 47.9 Å². The molecule has 1 atom stereocenters. The molecule has 3 aliphatic rings. The van der Waals surface area contributed by atoms with Gasteiger partial charge in [-0.1, -0.05) is 17.4 Å². The van der Waals surface area contributed by atoms with E-state index >= 15 is 0 Å². The molecule has 1 saturated heterocycles. The van der Waals surface area contributed by atoms with Crippen molar-refractivity contribution >= 4 is 49.9 Å². The molecule has 0 bridgehead atoms. The molecule has 10 nitrogen and oxygen atoms in total. The van der Waals surface area contributed by atoms with Crippen LogP contribution in [0.3, 0.4) is 0 Å². The lowest BCUT2D eigenvalue weighted by Gasteiger charge is -2.24. The van der Waals surface area contributed by atoms with E-state index in [4.69, 9.17) is 0 Å². The highest BCUT2D eigenvalue weighted by molar-refractivity contribution is 7.90. The maximum atomic E-state index is 13.3. The second-order valence-corrected chi connectivity index (χ2v) is 13.1. The van der Waals surface area contributed by atoms with Gasteiger partial charge in [0.1, 0.15) is 11.6 Å². The van der Waals surface area contributed by atoms with Gasteiger partial charge in [-0.15, -0.1) is 0 Å². The molecule has 0 radical (unpaired) electrons. The van der Waals surface area contributed by atoms with E-state index in [0.717, 1.165) is 40.8 Å². The summed E-state index contributed by atoms with van der Waals surface area (Å²) in [6.07, 6.45) is 3.35. The number of hydrogen-bond acceptors (Lipinski definition) is 8. The minimum atomic E-state index is -3.64. The van der Waals surface area contributed by atoms with Crippen LogP contribution in [0.1, 0.15) is 41.4 Å². The Morgan fingerprint density at radius 1 is 1.18 bits per heavy atom. The highest BCUT2D eigenvalue weighted by Crippen LogP contribution is 2.42. The fourth-order valence-corrected chi connectivity index (χ4v) is 7.08. The van der Waals surface area contributed by atoms with Crippen LogP contribution in [0.15, 0.2) is 35.2 Å². The van der Waals surface area contributed by atoms with Crippen molar-refractivity contribution in [3.8, 4) is 10.4 Å². The third kappa shape index (κ3) is 4.41. The molecular formula is C26H28N6O4S2. The third-order valence-electron chi connectivity index (χ3n) is 7.36. The molecule has 3 amide bonds. The summed E-state index contributed by atoms with van der Waals surface area (Å²) in [6.45, 7) is 5.46. The van der Waals surface area contributed by atoms with Crippen LogP contribution >= 0.6 is 11.3 Å². The molecule has 2 fully saturated rings. The zero-order valence-corrected chi connectivity index (χ0v) is 22.9. The second kappa shape index (κ2) is 9.05. The van der Waals surface area contributed by atoms with E-state index in [2.05, 4.69) is 20.6 Å². The Morgan fingerprint density at radius 3 is 2.66 bits per heavy atom. The first kappa shape index (κ1) is 24.8. The summed E-state index contributed by atoms with van der Waals surface area (Å²) in [5.74, 6) is 1.37. The van der Waals surface area contributed by atoms with E-state index in [9.17, 15) is 18.0 Å². The SMILES string of the molecule is Cc1nc(Nc2cccc(N3CCNC3=O)n2)sc1-c1cc2c(c(S(C)(=O)=O)c1)C(=O)N(C(C)C1CC1)C2. The predicted octanol–water partition coefficient (Wildman–Crippen LogP) is 3.94. The molecule has 198 valence electrons. The molecule has 38 heavy (non-hydrogen) atoms. The fraction of sp³-hybridized carbons (Fsp3) is 0.385. The lowest BCUT2D eigenvalue weighted by molar-refractivity contribution is 0.0694. The van der Waals surface area contributed by atoms with Crippen LogP contribution in [0, 0.1) is 12.8 Å². The zero-order valence-electron chi connectivity index (χ0n) is 21.3. The summed E-state index contributed by atoms with van der Waals surface area (Å²) >= 11 is 1.39. The topological polar surface area (TPSA) is 125 Å². The van der Waals surface area contributed by atoms with Crippen LogP contribution in [0.25, 0.3) is 10.4 Å². The monoisotopic (exact) mass is 552 g/mol. The number of sulfone groups is 1. The molecule has 2 aromatic heterocycles. The minimum Gasteiger partial charge on any atom is -0.336 e. The molecule has 0 spiro atoms. The number of amides is 3. The number of anilines is 3. The lowest BCUT2D eigenvalue weighted by Crippen LogP contribution is -2.35. The van der Waals surface area contributed by atoms with Gasteiger partial charge in [-0.25, -0.2) is 23.2 Å². The van der Waals surface area contributed by atoms with Gasteiger partial charge in [-0.3, -0.25) is 9.69 Å². The molecule has 4 heterocycles. The van der Waals surface area contributed by atoms with Crippen LogP contribution < -0.4 is 15.5 Å². The molecule has 2 aliphatic heterocycles. The Bertz CT molecular complexity index is 1580. The van der Waals surface area contributed by atoms with E-state index in [-0.39, 0.29) is 22.9 Å². The van der Waals surface area contributed by atoms with Gasteiger partial charge in [-0.2, -0.15) is 0 Å². The molecule has 3 aromatic rings. The third-order valence-corrected chi connectivity index (χ3v) is 9.60. The highest BCUT2D eigenvalue weighted by Gasteiger charge is 2.41. The number of fused-ring (bicyclic) bond motifs is 1. The number of thiazole rings is 1. The standard InChI is InChI=1S/C26H28N6O4S2/c1-14-23(37-25(28-14)30-20-5-4-6-21(29-20)31-10-9-27-26(31)34)17-11-18-13-32(15(2)16-7-8-16)24(33)22(18)19(12-17)38(3,35)36/h4-6,11-12,15-16H,7-10,13H2,1-3H3,(H,27,34)(H,28,29,30). The Hall–Kier alpha value is -3.51. The minimum absolute atomic E-state index is 0.0704. The average molecular weight is 553 g/mol. The summed E-state index contributed by atoms with van der Waals surface area (Å²) in [6, 6.07) is 8.84. The summed E-state index contributed by atoms with van der Waals surface area (Å²) in [4.78, 5) is 38.8. The number of nitrogens with zero attached hydrogens (tertiary/aromatic N) is 4. The quantitative estimate of drug-likeness (QED) is 0.455. The fourth-order valence-electron chi connectivity index (χ4n) is 5.19. The Kier molecular flexibility index (Phi) is 5.91. The summed E-state index contributed by atoms with van der Waals surface area (Å²) in [5, 5.41) is 6.58. The van der Waals surface area contributed by atoms with Crippen molar-refractivity contribution in [1.82, 2.24) is 20.2 Å². The Balaban J connectivity index is 1.33. The summed E-state index contributed by atoms with van der Waals surface area (Å²) in [5.41, 5.74) is 2.49. The van der Waals surface area contributed by atoms with E-state index in [1.807, 2.05) is 30.9 Å². The maximum Gasteiger partial charge on any atom is 0.323 e. The number of hydrogen-bond donors (Lipinski definition) is 2. The lowest BCUT2D eigenvalue weighted by atomic mass is 10.0. The molecular weight excluding hydrogens is 524 g/mol. The largest absolute Gasteiger partial charge is 0.336 e. The first-order chi connectivity index (χ1) is 18.1. The smallest absolute Gasteiger partial charge is 0.323 e. The van der Waals surface area contributed by atoms with Crippen molar-refractivity contribution in [2.45, 2.75) is 44.2 Å². The number of pyridine rings is 1. The van der Waals surface area contributed by atoms with Crippen molar-refractivity contribution < 1.29 is 18.0 Å². The number of aryl methyl sites for hydroxylation is 1. The first-order valence-electron chi connectivity index (χ1n) is 12.6. The number of carbonyl (C=O) groups excluding carboxylic acids is 2. The molecule has 1 aliphatic carbocycles. The van der Waals surface area contributed by atoms with Gasteiger partial charge < -0.3 is 15.5 Å². The average Bonchev–Trinajstić information content (AvgIpc) is 3.41. The van der Waals surface area contributed by atoms with Crippen LogP contribution in [0.5, 0.6) is 0 Å². The summed E-state index contributed by atoms with van der Waals surface area (Å²) in [7, 11) is -3.64. The van der Waals surface area contributed by atoms with Gasteiger partial charge in [0.05, 0.1) is 21.0 Å². The maximum absolute atomic E-state index is 13.3. The van der Waals surface area contributed by atoms with Crippen LogP contribution in [0.2, 0.25) is 0 Å². The van der Waals surface area contributed by atoms with Crippen molar-refractivity contribution in [2.75, 3.05) is 29.6 Å². The van der Waals surface area contributed by atoms with Gasteiger partial charge in [0.15, 0.2) is 15.0 Å². The number of rotatable bonds is 7. The summed E-state index contributed by atoms with van der Waals surface area (Å²) < 4.78 is 25.6. The van der Waals surface area contributed by atoms with E-state index < -0.39 is 9.84 Å². The number of aromatic nitrogens is 2. The van der Waals surface area contributed by atoms with E-state index in [1.54, 1.807) is 23.1 Å². The molecule has 1 unspecified atom stereocenters. The highest BCUT2D eigenvalue weighted by atomic mass is 32.2. The normalized spacial score (nSPS) is 18.1. The van der Waals surface area contributed by atoms with Crippen molar-refractivity contribution in [3.63, 3.8) is 0 Å². The number of carbonyl (C=O) groups is 2. The first-order valence-corrected chi connectivity index (χ1v) is 15.3. The molecule has 6 rings (SSSR count). The van der Waals surface area contributed by atoms with Gasteiger partial charge in [0.25, 0.3) is 5.91 Å². The van der Waals surface area contributed by atoms with Crippen LogP contribution in [-0.2, 0) is 16.4 Å². The van der Waals surface area contributed by atoms with E-state index in [1.165, 1.54) is 11.3 Å². The number of nitrogens with one attached hydrogen (secondary N) is 2. The molecule has 2 N–H and O–H groups in total. The number of urea groups is 1. The second-order valence-electron chi connectivity index (χ2n) is 10.1. The molecule has 12 heteroatoms. The predicted molar refractivity (Wildman–Crippen MR) is 146 cm³/mol. The van der Waals surface area contributed by atoms with Crippen LogP contribution in [-0.4, -0.2) is 60.6 Å². The van der Waals surface area contributed by atoms with Crippen LogP contribution in [0.4, 0.5) is 21.6 Å². The Labute approximate surface area is 225 Å². The Morgan fingerprint density at radius 2 is 1.97 bits per heavy atom. The van der Waals surface area contributed by atoms with Gasteiger partial charge >= 0.3 is 6.03 Å². The van der Waals surface area contributed by atoms with Crippen molar-refractivity contribution in [3.05, 3.63) is 47.2 Å². The van der Waals surface area contributed by atoms with Gasteiger partial charge in [0, 0.05) is 31.9 Å². The number of benzene rings is 1. The molecule has 1 aromatic carbocycles.